The highest BCUT2D eigenvalue weighted by Crippen LogP contribution is 2.24. The molecule has 1 fully saturated rings. The van der Waals surface area contributed by atoms with Crippen molar-refractivity contribution >= 4 is 17.5 Å². The van der Waals surface area contributed by atoms with Crippen LogP contribution in [0.4, 0.5) is 11.6 Å². The van der Waals surface area contributed by atoms with Crippen LogP contribution in [0.3, 0.4) is 0 Å². The Morgan fingerprint density at radius 1 is 1.25 bits per heavy atom. The Kier molecular flexibility index (Phi) is 4.76. The second kappa shape index (κ2) is 6.97. The maximum atomic E-state index is 12.5. The SMILES string of the molecule is CC1(C)CC(NC(=O)c2cccc(Nc3ncccn3)c2)CCO1. The van der Waals surface area contributed by atoms with Crippen LogP contribution >= 0.6 is 0 Å². The van der Waals surface area contributed by atoms with Gasteiger partial charge in [0, 0.05) is 36.3 Å². The Morgan fingerprint density at radius 3 is 2.79 bits per heavy atom. The molecule has 3 rings (SSSR count). The van der Waals surface area contributed by atoms with E-state index in [-0.39, 0.29) is 17.6 Å². The summed E-state index contributed by atoms with van der Waals surface area (Å²) in [6, 6.07) is 9.21. The monoisotopic (exact) mass is 326 g/mol. The standard InChI is InChI=1S/C18H22N4O2/c1-18(2)12-15(7-10-24-18)21-16(23)13-5-3-6-14(11-13)22-17-19-8-4-9-20-17/h3-6,8-9,11,15H,7,10,12H2,1-2H3,(H,21,23)(H,19,20,22). The van der Waals surface area contributed by atoms with Gasteiger partial charge in [-0.2, -0.15) is 0 Å². The lowest BCUT2D eigenvalue weighted by molar-refractivity contribution is -0.0615. The topological polar surface area (TPSA) is 76.1 Å². The first kappa shape index (κ1) is 16.4. The Morgan fingerprint density at radius 2 is 2.04 bits per heavy atom. The van der Waals surface area contributed by atoms with Crippen molar-refractivity contribution < 1.29 is 9.53 Å². The summed E-state index contributed by atoms with van der Waals surface area (Å²) in [5.74, 6) is 0.427. The number of benzene rings is 1. The molecule has 1 aromatic carbocycles. The van der Waals surface area contributed by atoms with Crippen molar-refractivity contribution in [1.82, 2.24) is 15.3 Å². The lowest BCUT2D eigenvalue weighted by atomic mass is 9.94. The average molecular weight is 326 g/mol. The normalized spacial score (nSPS) is 19.5. The molecule has 6 nitrogen and oxygen atoms in total. The van der Waals surface area contributed by atoms with E-state index in [9.17, 15) is 4.79 Å². The quantitative estimate of drug-likeness (QED) is 0.903. The molecule has 0 bridgehead atoms. The largest absolute Gasteiger partial charge is 0.375 e. The van der Waals surface area contributed by atoms with E-state index in [1.54, 1.807) is 30.6 Å². The number of nitrogens with zero attached hydrogens (tertiary/aromatic N) is 2. The Bertz CT molecular complexity index is 703. The highest BCUT2D eigenvalue weighted by molar-refractivity contribution is 5.95. The average Bonchev–Trinajstić information content (AvgIpc) is 2.55. The zero-order valence-electron chi connectivity index (χ0n) is 14.0. The number of nitrogens with one attached hydrogen (secondary N) is 2. The van der Waals surface area contributed by atoms with Gasteiger partial charge in [0.15, 0.2) is 0 Å². The summed E-state index contributed by atoms with van der Waals surface area (Å²) >= 11 is 0. The molecule has 126 valence electrons. The molecular formula is C18H22N4O2. The van der Waals surface area contributed by atoms with Gasteiger partial charge >= 0.3 is 0 Å². The second-order valence-corrected chi connectivity index (χ2v) is 6.55. The van der Waals surface area contributed by atoms with E-state index < -0.39 is 0 Å². The lowest BCUT2D eigenvalue weighted by Gasteiger charge is -2.35. The van der Waals surface area contributed by atoms with Gasteiger partial charge < -0.3 is 15.4 Å². The first-order valence-corrected chi connectivity index (χ1v) is 8.11. The molecule has 1 atom stereocenters. The zero-order valence-corrected chi connectivity index (χ0v) is 14.0. The lowest BCUT2D eigenvalue weighted by Crippen LogP contribution is -2.45. The molecule has 1 aliphatic heterocycles. The smallest absolute Gasteiger partial charge is 0.251 e. The third-order valence-electron chi connectivity index (χ3n) is 3.98. The number of hydrogen-bond acceptors (Lipinski definition) is 5. The summed E-state index contributed by atoms with van der Waals surface area (Å²) < 4.78 is 5.69. The van der Waals surface area contributed by atoms with E-state index in [4.69, 9.17) is 4.74 Å². The number of rotatable bonds is 4. The Balaban J connectivity index is 1.66. The van der Waals surface area contributed by atoms with E-state index in [1.165, 1.54) is 0 Å². The summed E-state index contributed by atoms with van der Waals surface area (Å²) in [5.41, 5.74) is 1.20. The number of amides is 1. The van der Waals surface area contributed by atoms with E-state index >= 15 is 0 Å². The van der Waals surface area contributed by atoms with Gasteiger partial charge in [0.2, 0.25) is 5.95 Å². The maximum Gasteiger partial charge on any atom is 0.251 e. The van der Waals surface area contributed by atoms with Crippen LogP contribution in [0.25, 0.3) is 0 Å². The minimum absolute atomic E-state index is 0.0738. The third-order valence-corrected chi connectivity index (χ3v) is 3.98. The molecule has 1 aliphatic rings. The molecule has 0 saturated carbocycles. The van der Waals surface area contributed by atoms with Crippen LogP contribution in [-0.2, 0) is 4.74 Å². The van der Waals surface area contributed by atoms with Crippen molar-refractivity contribution in [2.45, 2.75) is 38.3 Å². The summed E-state index contributed by atoms with van der Waals surface area (Å²) in [5, 5.41) is 6.20. The molecule has 0 radical (unpaired) electrons. The molecule has 2 heterocycles. The number of carbonyl (C=O) groups excluding carboxylic acids is 1. The molecule has 2 aromatic rings. The number of ether oxygens (including phenoxy) is 1. The van der Waals surface area contributed by atoms with Gasteiger partial charge in [0.1, 0.15) is 0 Å². The Labute approximate surface area is 141 Å². The van der Waals surface area contributed by atoms with Crippen molar-refractivity contribution in [3.63, 3.8) is 0 Å². The number of anilines is 2. The molecule has 2 N–H and O–H groups in total. The van der Waals surface area contributed by atoms with E-state index in [1.807, 2.05) is 12.1 Å². The van der Waals surface area contributed by atoms with E-state index in [0.717, 1.165) is 18.5 Å². The fourth-order valence-corrected chi connectivity index (χ4v) is 2.85. The predicted molar refractivity (Wildman–Crippen MR) is 92.3 cm³/mol. The maximum absolute atomic E-state index is 12.5. The van der Waals surface area contributed by atoms with Gasteiger partial charge in [0.05, 0.1) is 5.60 Å². The highest BCUT2D eigenvalue weighted by Gasteiger charge is 2.29. The van der Waals surface area contributed by atoms with Crippen LogP contribution < -0.4 is 10.6 Å². The number of aromatic nitrogens is 2. The van der Waals surface area contributed by atoms with E-state index in [2.05, 4.69) is 34.4 Å². The minimum atomic E-state index is -0.190. The van der Waals surface area contributed by atoms with Crippen LogP contribution in [-0.4, -0.2) is 34.1 Å². The molecule has 1 saturated heterocycles. The minimum Gasteiger partial charge on any atom is -0.375 e. The molecule has 0 spiro atoms. The first-order valence-electron chi connectivity index (χ1n) is 8.11. The van der Waals surface area contributed by atoms with Crippen LogP contribution in [0.15, 0.2) is 42.7 Å². The van der Waals surface area contributed by atoms with Crippen molar-refractivity contribution in [2.75, 3.05) is 11.9 Å². The third kappa shape index (κ3) is 4.29. The van der Waals surface area contributed by atoms with Gasteiger partial charge in [0.25, 0.3) is 5.91 Å². The van der Waals surface area contributed by atoms with E-state index in [0.29, 0.717) is 18.1 Å². The molecule has 6 heteroatoms. The van der Waals surface area contributed by atoms with Gasteiger partial charge in [-0.05, 0) is 51.0 Å². The molecular weight excluding hydrogens is 304 g/mol. The second-order valence-electron chi connectivity index (χ2n) is 6.55. The molecule has 1 amide bonds. The van der Waals surface area contributed by atoms with Crippen LogP contribution in [0.5, 0.6) is 0 Å². The summed E-state index contributed by atoms with van der Waals surface area (Å²) in [4.78, 5) is 20.8. The van der Waals surface area contributed by atoms with Crippen molar-refractivity contribution in [1.29, 1.82) is 0 Å². The zero-order chi connectivity index (χ0) is 17.0. The van der Waals surface area contributed by atoms with Crippen molar-refractivity contribution in [3.8, 4) is 0 Å². The fourth-order valence-electron chi connectivity index (χ4n) is 2.85. The first-order chi connectivity index (χ1) is 11.5. The van der Waals surface area contributed by atoms with Crippen LogP contribution in [0.1, 0.15) is 37.0 Å². The number of hydrogen-bond donors (Lipinski definition) is 2. The van der Waals surface area contributed by atoms with Gasteiger partial charge in [-0.25, -0.2) is 9.97 Å². The van der Waals surface area contributed by atoms with Gasteiger partial charge in [-0.15, -0.1) is 0 Å². The molecule has 1 unspecified atom stereocenters. The summed E-state index contributed by atoms with van der Waals surface area (Å²) in [6.45, 7) is 4.77. The molecule has 1 aromatic heterocycles. The van der Waals surface area contributed by atoms with Crippen molar-refractivity contribution in [2.24, 2.45) is 0 Å². The summed E-state index contributed by atoms with van der Waals surface area (Å²) in [6.07, 6.45) is 4.98. The van der Waals surface area contributed by atoms with Crippen molar-refractivity contribution in [3.05, 3.63) is 48.3 Å². The fraction of sp³-hybridized carbons (Fsp3) is 0.389. The number of carbonyl (C=O) groups is 1. The molecule has 24 heavy (non-hydrogen) atoms. The van der Waals surface area contributed by atoms with Gasteiger partial charge in [-0.1, -0.05) is 6.07 Å². The van der Waals surface area contributed by atoms with Crippen LogP contribution in [0.2, 0.25) is 0 Å². The van der Waals surface area contributed by atoms with Crippen LogP contribution in [0, 0.1) is 0 Å². The predicted octanol–water partition coefficient (Wildman–Crippen LogP) is 2.91. The molecule has 0 aliphatic carbocycles. The summed E-state index contributed by atoms with van der Waals surface area (Å²) in [7, 11) is 0. The van der Waals surface area contributed by atoms with Gasteiger partial charge in [-0.3, -0.25) is 4.79 Å². The Hall–Kier alpha value is -2.47. The highest BCUT2D eigenvalue weighted by atomic mass is 16.5.